The third-order valence-electron chi connectivity index (χ3n) is 2.37. The number of hydrogen-bond donors (Lipinski definition) is 1. The summed E-state index contributed by atoms with van der Waals surface area (Å²) < 4.78 is 5.76. The lowest BCUT2D eigenvalue weighted by Crippen LogP contribution is -2.34. The van der Waals surface area contributed by atoms with Crippen molar-refractivity contribution in [1.29, 1.82) is 0 Å². The molecule has 102 valence electrons. The lowest BCUT2D eigenvalue weighted by Gasteiger charge is -2.17. The highest BCUT2D eigenvalue weighted by Crippen LogP contribution is 2.17. The van der Waals surface area contributed by atoms with Crippen molar-refractivity contribution in [3.63, 3.8) is 0 Å². The van der Waals surface area contributed by atoms with E-state index in [9.17, 15) is 0 Å². The minimum atomic E-state index is -0.0703. The van der Waals surface area contributed by atoms with Crippen molar-refractivity contribution >= 4 is 11.8 Å². The highest BCUT2D eigenvalue weighted by molar-refractivity contribution is 7.99. The first-order chi connectivity index (χ1) is 8.37. The van der Waals surface area contributed by atoms with Gasteiger partial charge in [0, 0.05) is 11.3 Å². The Balaban J connectivity index is 2.18. The van der Waals surface area contributed by atoms with E-state index in [-0.39, 0.29) is 5.54 Å². The Kier molecular flexibility index (Phi) is 6.03. The van der Waals surface area contributed by atoms with Crippen LogP contribution in [0, 0.1) is 13.8 Å². The van der Waals surface area contributed by atoms with Gasteiger partial charge < -0.3 is 10.5 Å². The lowest BCUT2D eigenvalue weighted by molar-refractivity contribution is 0.318. The molecule has 0 spiro atoms. The first-order valence-corrected chi connectivity index (χ1v) is 7.60. The largest absolute Gasteiger partial charge is 0.494 e. The van der Waals surface area contributed by atoms with Gasteiger partial charge in [0.1, 0.15) is 5.75 Å². The summed E-state index contributed by atoms with van der Waals surface area (Å²) in [7, 11) is 0. The van der Waals surface area contributed by atoms with Crippen LogP contribution in [0.5, 0.6) is 5.75 Å². The summed E-state index contributed by atoms with van der Waals surface area (Å²) >= 11 is 1.90. The average molecular weight is 267 g/mol. The summed E-state index contributed by atoms with van der Waals surface area (Å²) in [6, 6.07) is 6.33. The van der Waals surface area contributed by atoms with Crippen LogP contribution in [0.25, 0.3) is 0 Å². The van der Waals surface area contributed by atoms with Gasteiger partial charge in [0.25, 0.3) is 0 Å². The number of ether oxygens (including phenoxy) is 1. The summed E-state index contributed by atoms with van der Waals surface area (Å²) in [6.07, 6.45) is 1.06. The quantitative estimate of drug-likeness (QED) is 0.767. The molecule has 1 aromatic rings. The lowest BCUT2D eigenvalue weighted by atomic mass is 10.1. The van der Waals surface area contributed by atoms with Gasteiger partial charge in [-0.15, -0.1) is 0 Å². The van der Waals surface area contributed by atoms with E-state index in [0.717, 1.165) is 30.3 Å². The molecule has 18 heavy (non-hydrogen) atoms. The highest BCUT2D eigenvalue weighted by atomic mass is 32.2. The smallest absolute Gasteiger partial charge is 0.119 e. The predicted octanol–water partition coefficient (Wildman–Crippen LogP) is 3.54. The van der Waals surface area contributed by atoms with Crippen LogP contribution in [-0.2, 0) is 0 Å². The molecule has 0 amide bonds. The molecule has 1 aromatic carbocycles. The zero-order valence-corrected chi connectivity index (χ0v) is 12.8. The Hall–Kier alpha value is -0.670. The maximum atomic E-state index is 5.92. The van der Waals surface area contributed by atoms with Gasteiger partial charge in [-0.2, -0.15) is 11.8 Å². The number of benzene rings is 1. The van der Waals surface area contributed by atoms with Crippen LogP contribution in [-0.4, -0.2) is 23.7 Å². The van der Waals surface area contributed by atoms with Gasteiger partial charge in [-0.25, -0.2) is 0 Å². The normalized spacial score (nSPS) is 11.6. The predicted molar refractivity (Wildman–Crippen MR) is 81.6 cm³/mol. The van der Waals surface area contributed by atoms with Crippen molar-refractivity contribution in [2.75, 3.05) is 18.1 Å². The van der Waals surface area contributed by atoms with Crippen LogP contribution >= 0.6 is 11.8 Å². The standard InChI is InChI=1S/C15H25NOS/c1-12-8-13(2)10-14(9-12)17-6-5-7-18-11-15(3,4)16/h8-10H,5-7,11,16H2,1-4H3. The van der Waals surface area contributed by atoms with Crippen LogP contribution in [0.4, 0.5) is 0 Å². The average Bonchev–Trinajstić information content (AvgIpc) is 2.20. The van der Waals surface area contributed by atoms with Crippen molar-refractivity contribution in [2.24, 2.45) is 5.73 Å². The fourth-order valence-corrected chi connectivity index (χ4v) is 2.69. The topological polar surface area (TPSA) is 35.2 Å². The maximum absolute atomic E-state index is 5.92. The van der Waals surface area contributed by atoms with E-state index in [4.69, 9.17) is 10.5 Å². The number of thioether (sulfide) groups is 1. The minimum absolute atomic E-state index is 0.0703. The van der Waals surface area contributed by atoms with Crippen LogP contribution in [0.1, 0.15) is 31.4 Å². The van der Waals surface area contributed by atoms with E-state index in [0.29, 0.717) is 0 Å². The van der Waals surface area contributed by atoms with Gasteiger partial charge in [0.2, 0.25) is 0 Å². The monoisotopic (exact) mass is 267 g/mol. The zero-order chi connectivity index (χ0) is 13.6. The van der Waals surface area contributed by atoms with E-state index in [1.54, 1.807) is 0 Å². The second kappa shape index (κ2) is 7.05. The van der Waals surface area contributed by atoms with Gasteiger partial charge in [-0.05, 0) is 63.1 Å². The summed E-state index contributed by atoms with van der Waals surface area (Å²) in [5.41, 5.74) is 8.36. The number of aryl methyl sites for hydroxylation is 2. The summed E-state index contributed by atoms with van der Waals surface area (Å²) in [5, 5.41) is 0. The van der Waals surface area contributed by atoms with Crippen molar-refractivity contribution in [2.45, 2.75) is 39.7 Å². The molecular formula is C15H25NOS. The van der Waals surface area contributed by atoms with Crippen molar-refractivity contribution in [3.8, 4) is 5.75 Å². The number of hydrogen-bond acceptors (Lipinski definition) is 3. The molecule has 0 aliphatic heterocycles. The Morgan fingerprint density at radius 2 is 1.78 bits per heavy atom. The number of nitrogens with two attached hydrogens (primary N) is 1. The fourth-order valence-electron chi connectivity index (χ4n) is 1.70. The van der Waals surface area contributed by atoms with E-state index in [2.05, 4.69) is 45.9 Å². The molecule has 2 N–H and O–H groups in total. The molecule has 0 unspecified atom stereocenters. The SMILES string of the molecule is Cc1cc(C)cc(OCCCSCC(C)(C)N)c1. The van der Waals surface area contributed by atoms with Gasteiger partial charge in [-0.3, -0.25) is 0 Å². The molecule has 0 atom stereocenters. The Bertz CT molecular complexity index is 351. The van der Waals surface area contributed by atoms with Gasteiger partial charge >= 0.3 is 0 Å². The molecular weight excluding hydrogens is 242 g/mol. The van der Waals surface area contributed by atoms with Crippen molar-refractivity contribution in [1.82, 2.24) is 0 Å². The first kappa shape index (κ1) is 15.4. The third kappa shape index (κ3) is 6.92. The fraction of sp³-hybridized carbons (Fsp3) is 0.600. The minimum Gasteiger partial charge on any atom is -0.494 e. The first-order valence-electron chi connectivity index (χ1n) is 6.44. The molecule has 0 aromatic heterocycles. The van der Waals surface area contributed by atoms with Gasteiger partial charge in [0.05, 0.1) is 6.61 Å². The molecule has 3 heteroatoms. The molecule has 1 rings (SSSR count). The Morgan fingerprint density at radius 1 is 1.17 bits per heavy atom. The van der Waals surface area contributed by atoms with E-state index >= 15 is 0 Å². The van der Waals surface area contributed by atoms with Crippen molar-refractivity contribution < 1.29 is 4.74 Å². The maximum Gasteiger partial charge on any atom is 0.119 e. The zero-order valence-electron chi connectivity index (χ0n) is 12.0. The summed E-state index contributed by atoms with van der Waals surface area (Å²) in [4.78, 5) is 0. The molecule has 0 fully saturated rings. The molecule has 0 heterocycles. The Morgan fingerprint density at radius 3 is 2.33 bits per heavy atom. The molecule has 0 aliphatic rings. The highest BCUT2D eigenvalue weighted by Gasteiger charge is 2.09. The molecule has 0 saturated carbocycles. The van der Waals surface area contributed by atoms with Gasteiger partial charge in [-0.1, -0.05) is 6.07 Å². The van der Waals surface area contributed by atoms with Crippen molar-refractivity contribution in [3.05, 3.63) is 29.3 Å². The van der Waals surface area contributed by atoms with E-state index in [1.165, 1.54) is 11.1 Å². The molecule has 0 bridgehead atoms. The molecule has 0 radical (unpaired) electrons. The number of rotatable bonds is 7. The van der Waals surface area contributed by atoms with E-state index < -0.39 is 0 Å². The third-order valence-corrected chi connectivity index (χ3v) is 3.90. The van der Waals surface area contributed by atoms with Crippen LogP contribution in [0.3, 0.4) is 0 Å². The van der Waals surface area contributed by atoms with Crippen LogP contribution in [0.15, 0.2) is 18.2 Å². The van der Waals surface area contributed by atoms with Crippen LogP contribution < -0.4 is 10.5 Å². The Labute approximate surface area is 115 Å². The molecule has 2 nitrogen and oxygen atoms in total. The van der Waals surface area contributed by atoms with Crippen LogP contribution in [0.2, 0.25) is 0 Å². The molecule has 0 aliphatic carbocycles. The second-order valence-corrected chi connectivity index (χ2v) is 6.67. The van der Waals surface area contributed by atoms with E-state index in [1.807, 2.05) is 11.8 Å². The van der Waals surface area contributed by atoms with Gasteiger partial charge in [0.15, 0.2) is 0 Å². The summed E-state index contributed by atoms with van der Waals surface area (Å²) in [6.45, 7) is 9.09. The summed E-state index contributed by atoms with van der Waals surface area (Å²) in [5.74, 6) is 3.08. The second-order valence-electron chi connectivity index (χ2n) is 5.57. The molecule has 0 saturated heterocycles.